The Morgan fingerprint density at radius 1 is 1.11 bits per heavy atom. The average molecular weight is 301 g/mol. The summed E-state index contributed by atoms with van der Waals surface area (Å²) in [6.45, 7) is 5.94. The molecule has 1 aromatic rings. The van der Waals surface area contributed by atoms with Crippen LogP contribution in [-0.2, 0) is 0 Å². The Morgan fingerprint density at radius 2 is 1.79 bits per heavy atom. The fraction of sp³-hybridized carbons (Fsp3) is 0.769. The van der Waals surface area contributed by atoms with Crippen LogP contribution in [-0.4, -0.2) is 33.3 Å². The number of nitrogens with zero attached hydrogens (tertiary/aromatic N) is 4. The summed E-state index contributed by atoms with van der Waals surface area (Å²) in [5.41, 5.74) is 0. The van der Waals surface area contributed by atoms with Crippen LogP contribution in [0.3, 0.4) is 0 Å². The normalized spacial score (nSPS) is 16.6. The van der Waals surface area contributed by atoms with E-state index in [-0.39, 0.29) is 0 Å². The van der Waals surface area contributed by atoms with Gasteiger partial charge in [-0.05, 0) is 38.3 Å². The van der Waals surface area contributed by atoms with Crippen molar-refractivity contribution in [3.05, 3.63) is 5.28 Å². The van der Waals surface area contributed by atoms with Crippen molar-refractivity contribution in [1.29, 1.82) is 0 Å². The minimum absolute atomic E-state index is 0.301. The Labute approximate surface area is 124 Å². The van der Waals surface area contributed by atoms with Crippen LogP contribution >= 0.6 is 23.4 Å². The summed E-state index contributed by atoms with van der Waals surface area (Å²) >= 11 is 7.78. The second-order valence-corrected chi connectivity index (χ2v) is 6.34. The molecular formula is C13H21ClN4S. The van der Waals surface area contributed by atoms with Gasteiger partial charge in [-0.15, -0.1) is 0 Å². The molecule has 4 nitrogen and oxygen atoms in total. The van der Waals surface area contributed by atoms with Crippen LogP contribution in [0.5, 0.6) is 0 Å². The van der Waals surface area contributed by atoms with Crippen molar-refractivity contribution in [3.63, 3.8) is 0 Å². The number of hydrogen-bond donors (Lipinski definition) is 0. The molecule has 1 heterocycles. The van der Waals surface area contributed by atoms with Crippen LogP contribution < -0.4 is 4.90 Å². The zero-order valence-corrected chi connectivity index (χ0v) is 13.2. The monoisotopic (exact) mass is 300 g/mol. The van der Waals surface area contributed by atoms with Gasteiger partial charge in [0.1, 0.15) is 0 Å². The topological polar surface area (TPSA) is 41.9 Å². The molecule has 0 amide bonds. The summed E-state index contributed by atoms with van der Waals surface area (Å²) in [7, 11) is 0. The highest BCUT2D eigenvalue weighted by molar-refractivity contribution is 7.99. The van der Waals surface area contributed by atoms with Crippen LogP contribution in [0.15, 0.2) is 5.16 Å². The van der Waals surface area contributed by atoms with Crippen molar-refractivity contribution >= 4 is 29.3 Å². The maximum atomic E-state index is 6.02. The third-order valence-electron chi connectivity index (χ3n) is 3.45. The molecule has 0 saturated heterocycles. The summed E-state index contributed by atoms with van der Waals surface area (Å²) in [6, 6.07) is 0. The largest absolute Gasteiger partial charge is 0.341 e. The molecular weight excluding hydrogens is 280 g/mol. The molecule has 0 bridgehead atoms. The highest BCUT2D eigenvalue weighted by Crippen LogP contribution is 2.32. The molecule has 19 heavy (non-hydrogen) atoms. The zero-order valence-electron chi connectivity index (χ0n) is 11.6. The van der Waals surface area contributed by atoms with Crippen molar-refractivity contribution in [2.24, 2.45) is 0 Å². The van der Waals surface area contributed by atoms with Crippen LogP contribution in [0.4, 0.5) is 5.95 Å². The van der Waals surface area contributed by atoms with Crippen molar-refractivity contribution in [1.82, 2.24) is 15.0 Å². The summed E-state index contributed by atoms with van der Waals surface area (Å²) in [6.07, 6.45) is 6.52. The van der Waals surface area contributed by atoms with Gasteiger partial charge in [0.2, 0.25) is 11.2 Å². The first-order chi connectivity index (χ1) is 9.22. The van der Waals surface area contributed by atoms with Crippen molar-refractivity contribution in [2.45, 2.75) is 56.4 Å². The van der Waals surface area contributed by atoms with E-state index in [2.05, 4.69) is 33.7 Å². The van der Waals surface area contributed by atoms with Gasteiger partial charge in [-0.3, -0.25) is 0 Å². The fourth-order valence-electron chi connectivity index (χ4n) is 2.35. The summed E-state index contributed by atoms with van der Waals surface area (Å²) < 4.78 is 0. The van der Waals surface area contributed by atoms with Gasteiger partial charge >= 0.3 is 0 Å². The molecule has 2 rings (SSSR count). The van der Waals surface area contributed by atoms with Gasteiger partial charge in [0.05, 0.1) is 0 Å². The third kappa shape index (κ3) is 4.21. The molecule has 0 atom stereocenters. The average Bonchev–Trinajstić information content (AvgIpc) is 2.40. The molecule has 6 heteroatoms. The second-order valence-electron chi connectivity index (χ2n) is 4.74. The summed E-state index contributed by atoms with van der Waals surface area (Å²) in [5.74, 6) is 0.698. The van der Waals surface area contributed by atoms with E-state index in [4.69, 9.17) is 11.6 Å². The lowest BCUT2D eigenvalue weighted by Gasteiger charge is -2.21. The lowest BCUT2D eigenvalue weighted by molar-refractivity contribution is 0.515. The SMILES string of the molecule is CCN(CC)c1nc(Cl)nc(SC2CCCCC2)n1. The smallest absolute Gasteiger partial charge is 0.230 e. The summed E-state index contributed by atoms with van der Waals surface area (Å²) in [5, 5.41) is 1.71. The second kappa shape index (κ2) is 7.29. The van der Waals surface area contributed by atoms with E-state index >= 15 is 0 Å². The van der Waals surface area contributed by atoms with Gasteiger partial charge in [-0.25, -0.2) is 0 Å². The Hall–Kier alpha value is -0.550. The molecule has 0 aliphatic heterocycles. The van der Waals surface area contributed by atoms with Gasteiger partial charge in [0.15, 0.2) is 5.16 Å². The van der Waals surface area contributed by atoms with Crippen molar-refractivity contribution < 1.29 is 0 Å². The molecule has 1 fully saturated rings. The van der Waals surface area contributed by atoms with E-state index in [9.17, 15) is 0 Å². The first kappa shape index (κ1) is 14.9. The molecule has 1 aliphatic carbocycles. The number of rotatable bonds is 5. The molecule has 0 N–H and O–H groups in total. The Bertz CT molecular complexity index is 406. The van der Waals surface area contributed by atoms with E-state index in [1.54, 1.807) is 11.8 Å². The molecule has 1 aliphatic rings. The van der Waals surface area contributed by atoms with Crippen LogP contribution in [0.2, 0.25) is 5.28 Å². The lowest BCUT2D eigenvalue weighted by Crippen LogP contribution is -2.24. The van der Waals surface area contributed by atoms with Crippen LogP contribution in [0.25, 0.3) is 0 Å². The van der Waals surface area contributed by atoms with Gasteiger partial charge < -0.3 is 4.90 Å². The molecule has 0 spiro atoms. The minimum Gasteiger partial charge on any atom is -0.341 e. The van der Waals surface area contributed by atoms with Crippen LogP contribution in [0, 0.1) is 0 Å². The van der Waals surface area contributed by atoms with Crippen LogP contribution in [0.1, 0.15) is 46.0 Å². The van der Waals surface area contributed by atoms with Gasteiger partial charge in [-0.1, -0.05) is 31.0 Å². The zero-order chi connectivity index (χ0) is 13.7. The summed E-state index contributed by atoms with van der Waals surface area (Å²) in [4.78, 5) is 15.1. The van der Waals surface area contributed by atoms with Gasteiger partial charge in [-0.2, -0.15) is 15.0 Å². The van der Waals surface area contributed by atoms with Crippen molar-refractivity contribution in [3.8, 4) is 0 Å². The van der Waals surface area contributed by atoms with E-state index in [1.807, 2.05) is 0 Å². The Balaban J connectivity index is 2.11. The predicted molar refractivity (Wildman–Crippen MR) is 81.1 cm³/mol. The number of aromatic nitrogens is 3. The number of thioether (sulfide) groups is 1. The molecule has 106 valence electrons. The third-order valence-corrected chi connectivity index (χ3v) is 4.81. The van der Waals surface area contributed by atoms with E-state index in [0.29, 0.717) is 16.5 Å². The maximum Gasteiger partial charge on any atom is 0.230 e. The standard InChI is InChI=1S/C13H21ClN4S/c1-3-18(4-2)12-15-11(14)16-13(17-12)19-10-8-6-5-7-9-10/h10H,3-9H2,1-2H3. The maximum absolute atomic E-state index is 6.02. The fourth-order valence-corrected chi connectivity index (χ4v) is 3.70. The lowest BCUT2D eigenvalue weighted by atomic mass is 10.0. The highest BCUT2D eigenvalue weighted by Gasteiger charge is 2.18. The minimum atomic E-state index is 0.301. The number of halogens is 1. The van der Waals surface area contributed by atoms with E-state index in [0.717, 1.165) is 18.2 Å². The first-order valence-corrected chi connectivity index (χ1v) is 8.31. The molecule has 1 aromatic heterocycles. The van der Waals surface area contributed by atoms with Gasteiger partial charge in [0, 0.05) is 18.3 Å². The van der Waals surface area contributed by atoms with Crippen molar-refractivity contribution in [2.75, 3.05) is 18.0 Å². The highest BCUT2D eigenvalue weighted by atomic mass is 35.5. The van der Waals surface area contributed by atoms with E-state index < -0.39 is 0 Å². The molecule has 0 radical (unpaired) electrons. The van der Waals surface area contributed by atoms with E-state index in [1.165, 1.54) is 32.1 Å². The first-order valence-electron chi connectivity index (χ1n) is 7.06. The molecule has 0 unspecified atom stereocenters. The predicted octanol–water partition coefficient (Wildman–Crippen LogP) is 3.80. The number of anilines is 1. The quantitative estimate of drug-likeness (QED) is 0.827. The Kier molecular flexibility index (Phi) is 5.70. The number of hydrogen-bond acceptors (Lipinski definition) is 5. The molecule has 1 saturated carbocycles. The van der Waals surface area contributed by atoms with Gasteiger partial charge in [0.25, 0.3) is 0 Å². The Morgan fingerprint density at radius 3 is 2.42 bits per heavy atom. The molecule has 0 aromatic carbocycles.